The highest BCUT2D eigenvalue weighted by molar-refractivity contribution is 5.91. The van der Waals surface area contributed by atoms with Gasteiger partial charge >= 0.3 is 0 Å². The van der Waals surface area contributed by atoms with E-state index in [1.165, 1.54) is 56.9 Å². The van der Waals surface area contributed by atoms with E-state index < -0.39 is 0 Å². The molecular weight excluding hydrogens is 292 g/mol. The molecule has 24 heavy (non-hydrogen) atoms. The number of carbonyl (C=O) groups is 1. The molecule has 2 unspecified atom stereocenters. The van der Waals surface area contributed by atoms with Crippen molar-refractivity contribution in [3.8, 4) is 0 Å². The van der Waals surface area contributed by atoms with Crippen LogP contribution in [0.25, 0.3) is 0 Å². The van der Waals surface area contributed by atoms with Gasteiger partial charge in [-0.15, -0.1) is 0 Å². The Bertz CT molecular complexity index is 575. The van der Waals surface area contributed by atoms with Crippen LogP contribution in [0.3, 0.4) is 0 Å². The number of rotatable bonds is 2. The Balaban J connectivity index is 1.66. The van der Waals surface area contributed by atoms with Crippen LogP contribution in [0, 0.1) is 34.0 Å². The van der Waals surface area contributed by atoms with Crippen molar-refractivity contribution in [1.29, 1.82) is 0 Å². The number of carbonyl (C=O) groups excluding carboxylic acids is 1. The molecule has 0 heterocycles. The lowest BCUT2D eigenvalue weighted by Gasteiger charge is -2.59. The largest absolute Gasteiger partial charge is 0.295 e. The van der Waals surface area contributed by atoms with Gasteiger partial charge < -0.3 is 0 Å². The van der Waals surface area contributed by atoms with Crippen molar-refractivity contribution >= 4 is 5.78 Å². The Morgan fingerprint density at radius 1 is 1.00 bits per heavy atom. The zero-order valence-electron chi connectivity index (χ0n) is 16.3. The van der Waals surface area contributed by atoms with E-state index in [1.807, 2.05) is 6.08 Å². The highest BCUT2D eigenvalue weighted by Gasteiger charge is 2.62. The summed E-state index contributed by atoms with van der Waals surface area (Å²) in [6.07, 6.45) is 15.0. The van der Waals surface area contributed by atoms with Gasteiger partial charge in [0.15, 0.2) is 5.78 Å². The highest BCUT2D eigenvalue weighted by Crippen LogP contribution is 2.70. The summed E-state index contributed by atoms with van der Waals surface area (Å²) in [5.41, 5.74) is 2.98. The van der Waals surface area contributed by atoms with E-state index in [2.05, 4.69) is 27.7 Å². The second-order valence-electron chi connectivity index (χ2n) is 10.3. The Labute approximate surface area is 148 Å². The molecule has 0 aromatic carbocycles. The monoisotopic (exact) mass is 328 g/mol. The van der Waals surface area contributed by atoms with Gasteiger partial charge in [-0.2, -0.15) is 0 Å². The number of fused-ring (bicyclic) bond motifs is 5. The highest BCUT2D eigenvalue weighted by atomic mass is 16.1. The molecule has 1 nitrogen and oxygen atoms in total. The maximum absolute atomic E-state index is 11.9. The topological polar surface area (TPSA) is 17.1 Å². The molecule has 0 spiro atoms. The third-order valence-corrected chi connectivity index (χ3v) is 9.54. The van der Waals surface area contributed by atoms with Crippen molar-refractivity contribution in [2.45, 2.75) is 91.9 Å². The molecule has 0 bridgehead atoms. The maximum atomic E-state index is 11.9. The average Bonchev–Trinajstić information content (AvgIpc) is 2.80. The standard InChI is InChI=1S/C23H36O/c1-5-11-21(2)12-9-20-18-7-6-16-15-17(24)8-13-22(16,3)19(18)10-14-23(20,21)4/h15,18-20H,5-14H2,1-4H3/t18?,19-,20-,21?,22-,23-/m0/s1. The van der Waals surface area contributed by atoms with Crippen LogP contribution >= 0.6 is 0 Å². The van der Waals surface area contributed by atoms with Crippen molar-refractivity contribution < 1.29 is 4.79 Å². The lowest BCUT2D eigenvalue weighted by atomic mass is 9.45. The van der Waals surface area contributed by atoms with Crippen molar-refractivity contribution in [2.75, 3.05) is 0 Å². The van der Waals surface area contributed by atoms with Gasteiger partial charge in [-0.3, -0.25) is 4.79 Å². The van der Waals surface area contributed by atoms with Crippen molar-refractivity contribution in [1.82, 2.24) is 0 Å². The normalized spacial score (nSPS) is 50.8. The molecule has 0 saturated heterocycles. The Morgan fingerprint density at radius 3 is 2.50 bits per heavy atom. The van der Waals surface area contributed by atoms with E-state index in [-0.39, 0.29) is 0 Å². The molecule has 4 rings (SSSR count). The van der Waals surface area contributed by atoms with Crippen LogP contribution in [0.15, 0.2) is 11.6 Å². The average molecular weight is 329 g/mol. The molecule has 6 atom stereocenters. The van der Waals surface area contributed by atoms with Gasteiger partial charge in [-0.1, -0.05) is 39.7 Å². The fraction of sp³-hybridized carbons (Fsp3) is 0.870. The van der Waals surface area contributed by atoms with Crippen LogP contribution in [0.1, 0.15) is 91.9 Å². The molecule has 4 aliphatic carbocycles. The Morgan fingerprint density at radius 2 is 1.75 bits per heavy atom. The van der Waals surface area contributed by atoms with Gasteiger partial charge in [0.05, 0.1) is 0 Å². The second-order valence-corrected chi connectivity index (χ2v) is 10.3. The van der Waals surface area contributed by atoms with Gasteiger partial charge in [-0.05, 0) is 91.4 Å². The minimum absolute atomic E-state index is 0.335. The van der Waals surface area contributed by atoms with Crippen molar-refractivity contribution in [2.24, 2.45) is 34.0 Å². The molecule has 0 aromatic rings. The summed E-state index contributed by atoms with van der Waals surface area (Å²) in [7, 11) is 0. The minimum atomic E-state index is 0.335. The predicted molar refractivity (Wildman–Crippen MR) is 99.7 cm³/mol. The Kier molecular flexibility index (Phi) is 3.83. The zero-order chi connectivity index (χ0) is 17.2. The summed E-state index contributed by atoms with van der Waals surface area (Å²) in [5, 5.41) is 0. The maximum Gasteiger partial charge on any atom is 0.155 e. The lowest BCUT2D eigenvalue weighted by Crippen LogP contribution is -2.52. The summed E-state index contributed by atoms with van der Waals surface area (Å²) in [6.45, 7) is 10.1. The summed E-state index contributed by atoms with van der Waals surface area (Å²) < 4.78 is 0. The van der Waals surface area contributed by atoms with E-state index >= 15 is 0 Å². The van der Waals surface area contributed by atoms with Gasteiger partial charge in [0.25, 0.3) is 0 Å². The first-order chi connectivity index (χ1) is 11.3. The lowest BCUT2D eigenvalue weighted by molar-refractivity contribution is -0.118. The fourth-order valence-corrected chi connectivity index (χ4v) is 7.88. The van der Waals surface area contributed by atoms with E-state index in [0.717, 1.165) is 30.6 Å². The van der Waals surface area contributed by atoms with Gasteiger partial charge in [0.1, 0.15) is 0 Å². The van der Waals surface area contributed by atoms with E-state index in [1.54, 1.807) is 0 Å². The number of allylic oxidation sites excluding steroid dienone is 1. The Hall–Kier alpha value is -0.590. The summed E-state index contributed by atoms with van der Waals surface area (Å²) in [4.78, 5) is 11.9. The molecule has 3 fully saturated rings. The van der Waals surface area contributed by atoms with Crippen molar-refractivity contribution in [3.63, 3.8) is 0 Å². The molecule has 0 radical (unpaired) electrons. The molecule has 0 N–H and O–H groups in total. The van der Waals surface area contributed by atoms with E-state index in [0.29, 0.717) is 22.0 Å². The number of hydrogen-bond acceptors (Lipinski definition) is 1. The molecule has 3 saturated carbocycles. The van der Waals surface area contributed by atoms with Crippen LogP contribution in [0.5, 0.6) is 0 Å². The molecule has 4 aliphatic rings. The molecule has 0 amide bonds. The van der Waals surface area contributed by atoms with Crippen LogP contribution in [0.4, 0.5) is 0 Å². The third kappa shape index (κ3) is 2.08. The number of ketones is 1. The first kappa shape index (κ1) is 16.9. The SMILES string of the molecule is CCCC1(C)CC[C@H]2C3CCC4=CC(=O)CC[C@]4(C)[C@H]3CC[C@@]21C. The molecule has 0 aliphatic heterocycles. The van der Waals surface area contributed by atoms with E-state index in [4.69, 9.17) is 0 Å². The van der Waals surface area contributed by atoms with Crippen LogP contribution in [0.2, 0.25) is 0 Å². The minimum Gasteiger partial charge on any atom is -0.295 e. The first-order valence-corrected chi connectivity index (χ1v) is 10.6. The molecular formula is C23H36O. The quantitative estimate of drug-likeness (QED) is 0.579. The van der Waals surface area contributed by atoms with Gasteiger partial charge in [0, 0.05) is 6.42 Å². The molecule has 1 heteroatoms. The predicted octanol–water partition coefficient (Wildman–Crippen LogP) is 6.32. The zero-order valence-corrected chi connectivity index (χ0v) is 16.3. The van der Waals surface area contributed by atoms with Crippen molar-refractivity contribution in [3.05, 3.63) is 11.6 Å². The van der Waals surface area contributed by atoms with Gasteiger partial charge in [0.2, 0.25) is 0 Å². The number of hydrogen-bond donors (Lipinski definition) is 0. The smallest absolute Gasteiger partial charge is 0.155 e. The van der Waals surface area contributed by atoms with Gasteiger partial charge in [-0.25, -0.2) is 0 Å². The first-order valence-electron chi connectivity index (χ1n) is 10.6. The summed E-state index contributed by atoms with van der Waals surface area (Å²) in [6, 6.07) is 0. The van der Waals surface area contributed by atoms with Crippen LogP contribution < -0.4 is 0 Å². The van der Waals surface area contributed by atoms with Crippen LogP contribution in [-0.2, 0) is 4.79 Å². The third-order valence-electron chi connectivity index (χ3n) is 9.54. The second kappa shape index (κ2) is 5.45. The molecule has 134 valence electrons. The summed E-state index contributed by atoms with van der Waals surface area (Å²) in [5.74, 6) is 3.08. The molecule has 0 aromatic heterocycles. The summed E-state index contributed by atoms with van der Waals surface area (Å²) >= 11 is 0. The van der Waals surface area contributed by atoms with E-state index in [9.17, 15) is 4.79 Å². The van der Waals surface area contributed by atoms with Crippen LogP contribution in [-0.4, -0.2) is 5.78 Å². The fourth-order valence-electron chi connectivity index (χ4n) is 7.88.